The first-order valence-electron chi connectivity index (χ1n) is 9.55. The van der Waals surface area contributed by atoms with Crippen LogP contribution in [-0.4, -0.2) is 45.4 Å². The number of nitrogens with one attached hydrogen (secondary N) is 1. The third kappa shape index (κ3) is 4.89. The van der Waals surface area contributed by atoms with Crippen LogP contribution in [0.1, 0.15) is 31.0 Å². The molecule has 1 aliphatic heterocycles. The maximum Gasteiger partial charge on any atom is 0.243 e. The Balaban J connectivity index is 1.64. The van der Waals surface area contributed by atoms with Gasteiger partial charge in [-0.25, -0.2) is 8.42 Å². The van der Waals surface area contributed by atoms with E-state index in [0.29, 0.717) is 24.7 Å². The van der Waals surface area contributed by atoms with E-state index in [0.717, 1.165) is 16.3 Å². The van der Waals surface area contributed by atoms with E-state index in [4.69, 9.17) is 9.47 Å². The Hall–Kier alpha value is -2.58. The molecule has 1 atom stereocenters. The van der Waals surface area contributed by atoms with Crippen LogP contribution in [-0.2, 0) is 21.2 Å². The van der Waals surface area contributed by atoms with Gasteiger partial charge in [-0.1, -0.05) is 31.2 Å². The fourth-order valence-corrected chi connectivity index (χ4v) is 4.21. The Labute approximate surface area is 171 Å². The van der Waals surface area contributed by atoms with Crippen molar-refractivity contribution in [1.82, 2.24) is 9.62 Å². The molecule has 0 unspecified atom stereocenters. The first kappa shape index (κ1) is 21.1. The van der Waals surface area contributed by atoms with Gasteiger partial charge < -0.3 is 14.8 Å². The van der Waals surface area contributed by atoms with E-state index in [1.54, 1.807) is 6.07 Å². The van der Waals surface area contributed by atoms with Crippen LogP contribution >= 0.6 is 0 Å². The Morgan fingerprint density at radius 2 is 1.76 bits per heavy atom. The van der Waals surface area contributed by atoms with Gasteiger partial charge in [0.1, 0.15) is 13.2 Å². The maximum atomic E-state index is 12.8. The van der Waals surface area contributed by atoms with Gasteiger partial charge in [0.25, 0.3) is 0 Å². The summed E-state index contributed by atoms with van der Waals surface area (Å²) in [5.41, 5.74) is 2.19. The molecule has 1 amide bonds. The van der Waals surface area contributed by atoms with Crippen LogP contribution in [0.3, 0.4) is 0 Å². The van der Waals surface area contributed by atoms with Gasteiger partial charge in [-0.15, -0.1) is 0 Å². The molecule has 29 heavy (non-hydrogen) atoms. The van der Waals surface area contributed by atoms with Crippen molar-refractivity contribution in [3.63, 3.8) is 0 Å². The Bertz CT molecular complexity index is 973. The van der Waals surface area contributed by atoms with E-state index in [1.807, 2.05) is 31.2 Å². The molecule has 0 bridgehead atoms. The van der Waals surface area contributed by atoms with Crippen LogP contribution in [0.2, 0.25) is 0 Å². The number of fused-ring (bicyclic) bond motifs is 1. The quantitative estimate of drug-likeness (QED) is 0.747. The zero-order valence-electron chi connectivity index (χ0n) is 16.8. The molecule has 3 rings (SSSR count). The third-order valence-corrected chi connectivity index (χ3v) is 6.65. The Morgan fingerprint density at radius 3 is 2.41 bits per heavy atom. The van der Waals surface area contributed by atoms with Crippen molar-refractivity contribution in [2.75, 3.05) is 26.8 Å². The number of hydrogen-bond donors (Lipinski definition) is 1. The number of amides is 1. The molecule has 0 radical (unpaired) electrons. The molecule has 156 valence electrons. The molecule has 1 N–H and O–H groups in total. The van der Waals surface area contributed by atoms with Crippen molar-refractivity contribution in [3.05, 3.63) is 53.6 Å². The van der Waals surface area contributed by atoms with Crippen molar-refractivity contribution in [1.29, 1.82) is 0 Å². The second-order valence-corrected chi connectivity index (χ2v) is 9.00. The first-order chi connectivity index (χ1) is 13.8. The van der Waals surface area contributed by atoms with Gasteiger partial charge >= 0.3 is 0 Å². The summed E-state index contributed by atoms with van der Waals surface area (Å²) in [5, 5.41) is 2.85. The molecule has 0 aromatic heterocycles. The predicted octanol–water partition coefficient (Wildman–Crippen LogP) is 2.52. The van der Waals surface area contributed by atoms with Crippen molar-refractivity contribution >= 4 is 15.9 Å². The van der Waals surface area contributed by atoms with E-state index < -0.39 is 10.0 Å². The summed E-state index contributed by atoms with van der Waals surface area (Å²) < 4.78 is 37.6. The molecule has 0 fully saturated rings. The molecule has 0 saturated carbocycles. The van der Waals surface area contributed by atoms with Gasteiger partial charge in [-0.2, -0.15) is 4.31 Å². The molecule has 0 aliphatic carbocycles. The Morgan fingerprint density at radius 1 is 1.10 bits per heavy atom. The molecule has 2 aromatic carbocycles. The molecule has 0 spiro atoms. The number of ether oxygens (including phenoxy) is 2. The summed E-state index contributed by atoms with van der Waals surface area (Å²) in [6, 6.07) is 12.2. The molecular weight excluding hydrogens is 392 g/mol. The smallest absolute Gasteiger partial charge is 0.243 e. The van der Waals surface area contributed by atoms with E-state index in [9.17, 15) is 13.2 Å². The highest BCUT2D eigenvalue weighted by molar-refractivity contribution is 7.89. The second kappa shape index (κ2) is 8.84. The summed E-state index contributed by atoms with van der Waals surface area (Å²) in [5.74, 6) is 0.526. The predicted molar refractivity (Wildman–Crippen MR) is 110 cm³/mol. The standard InChI is InChI=1S/C21H26N2O5S/c1-4-16-5-7-17(8-6-16)15(2)22-21(24)14-23(3)29(25,26)18-9-10-19-20(13-18)28-12-11-27-19/h5-10,13,15H,4,11-12,14H2,1-3H3,(H,22,24)/t15-/m0/s1. The zero-order valence-corrected chi connectivity index (χ0v) is 17.7. The van der Waals surface area contributed by atoms with E-state index in [2.05, 4.69) is 12.2 Å². The fourth-order valence-electron chi connectivity index (χ4n) is 3.06. The number of aryl methyl sites for hydroxylation is 1. The number of likely N-dealkylation sites (N-methyl/N-ethyl adjacent to an activating group) is 1. The van der Waals surface area contributed by atoms with Crippen LogP contribution < -0.4 is 14.8 Å². The number of benzene rings is 2. The third-order valence-electron chi connectivity index (χ3n) is 4.85. The van der Waals surface area contributed by atoms with Gasteiger partial charge in [0.15, 0.2) is 11.5 Å². The molecule has 0 saturated heterocycles. The van der Waals surface area contributed by atoms with Crippen molar-refractivity contribution < 1.29 is 22.7 Å². The number of carbonyl (C=O) groups is 1. The lowest BCUT2D eigenvalue weighted by Crippen LogP contribution is -2.39. The molecular formula is C21H26N2O5S. The first-order valence-corrected chi connectivity index (χ1v) is 11.0. The molecule has 1 aliphatic rings. The van der Waals surface area contributed by atoms with E-state index in [1.165, 1.54) is 24.7 Å². The minimum atomic E-state index is -3.84. The second-order valence-electron chi connectivity index (χ2n) is 6.95. The van der Waals surface area contributed by atoms with E-state index in [-0.39, 0.29) is 23.4 Å². The van der Waals surface area contributed by atoms with Gasteiger partial charge in [-0.3, -0.25) is 4.79 Å². The summed E-state index contributed by atoms with van der Waals surface area (Å²) in [4.78, 5) is 12.5. The largest absolute Gasteiger partial charge is 0.486 e. The topological polar surface area (TPSA) is 84.9 Å². The van der Waals surface area contributed by atoms with Crippen LogP contribution in [0.5, 0.6) is 11.5 Å². The minimum Gasteiger partial charge on any atom is -0.486 e. The van der Waals surface area contributed by atoms with Crippen LogP contribution in [0, 0.1) is 0 Å². The van der Waals surface area contributed by atoms with Gasteiger partial charge in [0.2, 0.25) is 15.9 Å². The van der Waals surface area contributed by atoms with Crippen LogP contribution in [0.15, 0.2) is 47.4 Å². The number of rotatable bonds is 7. The summed E-state index contributed by atoms with van der Waals surface area (Å²) in [6.07, 6.45) is 0.948. The average Bonchev–Trinajstić information content (AvgIpc) is 2.73. The molecule has 8 heteroatoms. The monoisotopic (exact) mass is 418 g/mol. The molecule has 1 heterocycles. The minimum absolute atomic E-state index is 0.0558. The van der Waals surface area contributed by atoms with Crippen molar-refractivity contribution in [2.45, 2.75) is 31.2 Å². The maximum absolute atomic E-state index is 12.8. The van der Waals surface area contributed by atoms with Crippen LogP contribution in [0.25, 0.3) is 0 Å². The number of sulfonamides is 1. The highest BCUT2D eigenvalue weighted by Crippen LogP contribution is 2.32. The SMILES string of the molecule is CCc1ccc([C@H](C)NC(=O)CN(C)S(=O)(=O)c2ccc3c(c2)OCCO3)cc1. The Kier molecular flexibility index (Phi) is 6.44. The normalized spacial score (nSPS) is 14.5. The highest BCUT2D eigenvalue weighted by Gasteiger charge is 2.25. The lowest BCUT2D eigenvalue weighted by molar-refractivity contribution is -0.121. The number of carbonyl (C=O) groups excluding carboxylic acids is 1. The lowest BCUT2D eigenvalue weighted by atomic mass is 10.1. The zero-order chi connectivity index (χ0) is 21.0. The van der Waals surface area contributed by atoms with Crippen molar-refractivity contribution in [3.8, 4) is 11.5 Å². The highest BCUT2D eigenvalue weighted by atomic mass is 32.2. The summed E-state index contributed by atoms with van der Waals surface area (Å²) in [6.45, 7) is 4.46. The van der Waals surface area contributed by atoms with Gasteiger partial charge in [0, 0.05) is 13.1 Å². The number of nitrogens with zero attached hydrogens (tertiary/aromatic N) is 1. The number of hydrogen-bond acceptors (Lipinski definition) is 5. The van der Waals surface area contributed by atoms with Crippen molar-refractivity contribution in [2.24, 2.45) is 0 Å². The molecule has 2 aromatic rings. The van der Waals surface area contributed by atoms with Crippen LogP contribution in [0.4, 0.5) is 0 Å². The summed E-state index contributed by atoms with van der Waals surface area (Å²) in [7, 11) is -2.46. The average molecular weight is 419 g/mol. The summed E-state index contributed by atoms with van der Waals surface area (Å²) >= 11 is 0. The van der Waals surface area contributed by atoms with Gasteiger partial charge in [-0.05, 0) is 36.6 Å². The van der Waals surface area contributed by atoms with Gasteiger partial charge in [0.05, 0.1) is 17.5 Å². The van der Waals surface area contributed by atoms with E-state index >= 15 is 0 Å². The molecule has 7 nitrogen and oxygen atoms in total. The fraction of sp³-hybridized carbons (Fsp3) is 0.381. The lowest BCUT2D eigenvalue weighted by Gasteiger charge is -2.22.